The third-order valence-electron chi connectivity index (χ3n) is 2.72. The molecule has 0 atom stereocenters. The van der Waals surface area contributed by atoms with Crippen molar-refractivity contribution in [1.82, 2.24) is 0 Å². The standard InChI is InChI=1S/C15H15NO4/c1-10-5-6-11(2)12(8-10)16-14(17)9-20-15(18)13-4-3-7-19-13/h3-8H,9H2,1-2H3,(H,16,17). The molecule has 2 aromatic rings. The van der Waals surface area contributed by atoms with Crippen LogP contribution in [0.4, 0.5) is 5.69 Å². The number of rotatable bonds is 4. The van der Waals surface area contributed by atoms with Gasteiger partial charge in [-0.2, -0.15) is 0 Å². The Morgan fingerprint density at radius 2 is 2.05 bits per heavy atom. The largest absolute Gasteiger partial charge is 0.457 e. The summed E-state index contributed by atoms with van der Waals surface area (Å²) in [5, 5.41) is 2.70. The van der Waals surface area contributed by atoms with Crippen molar-refractivity contribution in [2.45, 2.75) is 13.8 Å². The molecule has 0 aliphatic heterocycles. The van der Waals surface area contributed by atoms with E-state index in [9.17, 15) is 9.59 Å². The fourth-order valence-corrected chi connectivity index (χ4v) is 1.65. The van der Waals surface area contributed by atoms with Gasteiger partial charge in [0.05, 0.1) is 6.26 Å². The Hall–Kier alpha value is -2.56. The number of nitrogens with one attached hydrogen (secondary N) is 1. The van der Waals surface area contributed by atoms with Gasteiger partial charge in [0.1, 0.15) is 0 Å². The maximum absolute atomic E-state index is 11.7. The predicted molar refractivity (Wildman–Crippen MR) is 73.5 cm³/mol. The van der Waals surface area contributed by atoms with Crippen molar-refractivity contribution in [3.05, 3.63) is 53.5 Å². The van der Waals surface area contributed by atoms with Crippen molar-refractivity contribution >= 4 is 17.6 Å². The zero-order chi connectivity index (χ0) is 14.5. The minimum atomic E-state index is -0.661. The van der Waals surface area contributed by atoms with E-state index in [1.165, 1.54) is 12.3 Å². The molecule has 0 fully saturated rings. The summed E-state index contributed by atoms with van der Waals surface area (Å²) in [6, 6.07) is 8.79. The van der Waals surface area contributed by atoms with Crippen molar-refractivity contribution in [2.24, 2.45) is 0 Å². The van der Waals surface area contributed by atoms with Crippen LogP contribution in [0.1, 0.15) is 21.7 Å². The van der Waals surface area contributed by atoms with E-state index in [-0.39, 0.29) is 12.4 Å². The van der Waals surface area contributed by atoms with Gasteiger partial charge in [-0.25, -0.2) is 4.79 Å². The number of benzene rings is 1. The van der Waals surface area contributed by atoms with Crippen molar-refractivity contribution in [3.8, 4) is 0 Å². The fraction of sp³-hybridized carbons (Fsp3) is 0.200. The van der Waals surface area contributed by atoms with Gasteiger partial charge in [0.15, 0.2) is 6.61 Å². The summed E-state index contributed by atoms with van der Waals surface area (Å²) in [7, 11) is 0. The number of ether oxygens (including phenoxy) is 1. The third kappa shape index (κ3) is 3.47. The molecule has 0 spiro atoms. The van der Waals surface area contributed by atoms with Crippen LogP contribution < -0.4 is 5.32 Å². The average Bonchev–Trinajstić information content (AvgIpc) is 2.94. The maximum Gasteiger partial charge on any atom is 0.374 e. The third-order valence-corrected chi connectivity index (χ3v) is 2.72. The lowest BCUT2D eigenvalue weighted by atomic mass is 10.1. The Kier molecular flexibility index (Phi) is 4.20. The summed E-state index contributed by atoms with van der Waals surface area (Å²) in [4.78, 5) is 23.2. The van der Waals surface area contributed by atoms with Gasteiger partial charge in [0.25, 0.3) is 5.91 Å². The zero-order valence-corrected chi connectivity index (χ0v) is 11.3. The number of carbonyl (C=O) groups excluding carboxylic acids is 2. The van der Waals surface area contributed by atoms with Crippen LogP contribution in [0, 0.1) is 13.8 Å². The monoisotopic (exact) mass is 273 g/mol. The summed E-state index contributed by atoms with van der Waals surface area (Å²) in [5.74, 6) is -0.978. The second-order valence-corrected chi connectivity index (χ2v) is 4.42. The van der Waals surface area contributed by atoms with Gasteiger partial charge in [0.2, 0.25) is 5.76 Å². The molecule has 104 valence electrons. The summed E-state index contributed by atoms with van der Waals surface area (Å²) in [6.07, 6.45) is 1.37. The number of carbonyl (C=O) groups is 2. The number of furan rings is 1. The summed E-state index contributed by atoms with van der Waals surface area (Å²) in [5.41, 5.74) is 2.70. The van der Waals surface area contributed by atoms with Crippen LogP contribution in [0.5, 0.6) is 0 Å². The van der Waals surface area contributed by atoms with Gasteiger partial charge in [-0.1, -0.05) is 12.1 Å². The highest BCUT2D eigenvalue weighted by atomic mass is 16.5. The lowest BCUT2D eigenvalue weighted by molar-refractivity contribution is -0.119. The van der Waals surface area contributed by atoms with Gasteiger partial charge in [-0.3, -0.25) is 4.79 Å². The Bertz CT molecular complexity index is 617. The second-order valence-electron chi connectivity index (χ2n) is 4.42. The molecule has 0 radical (unpaired) electrons. The first kappa shape index (κ1) is 13.9. The number of aryl methyl sites for hydroxylation is 2. The average molecular weight is 273 g/mol. The molecule has 1 N–H and O–H groups in total. The molecule has 1 heterocycles. The smallest absolute Gasteiger partial charge is 0.374 e. The molecule has 2 rings (SSSR count). The second kappa shape index (κ2) is 6.06. The van der Waals surface area contributed by atoms with E-state index < -0.39 is 11.9 Å². The summed E-state index contributed by atoms with van der Waals surface area (Å²) in [6.45, 7) is 3.48. The summed E-state index contributed by atoms with van der Waals surface area (Å²) >= 11 is 0. The van der Waals surface area contributed by atoms with E-state index in [1.807, 2.05) is 32.0 Å². The number of anilines is 1. The lowest BCUT2D eigenvalue weighted by Crippen LogP contribution is -2.21. The van der Waals surface area contributed by atoms with Gasteiger partial charge in [-0.05, 0) is 43.2 Å². The molecular formula is C15H15NO4. The molecule has 1 amide bonds. The quantitative estimate of drug-likeness (QED) is 0.870. The van der Waals surface area contributed by atoms with Gasteiger partial charge in [0, 0.05) is 5.69 Å². The van der Waals surface area contributed by atoms with Gasteiger partial charge in [-0.15, -0.1) is 0 Å². The Morgan fingerprint density at radius 3 is 2.75 bits per heavy atom. The van der Waals surface area contributed by atoms with Crippen molar-refractivity contribution in [1.29, 1.82) is 0 Å². The van der Waals surface area contributed by atoms with E-state index in [0.29, 0.717) is 5.69 Å². The van der Waals surface area contributed by atoms with E-state index in [4.69, 9.17) is 9.15 Å². The van der Waals surface area contributed by atoms with Crippen LogP contribution in [0.15, 0.2) is 41.0 Å². The highest BCUT2D eigenvalue weighted by molar-refractivity contribution is 5.95. The van der Waals surface area contributed by atoms with E-state index in [1.54, 1.807) is 6.07 Å². The van der Waals surface area contributed by atoms with Gasteiger partial charge < -0.3 is 14.5 Å². The molecule has 20 heavy (non-hydrogen) atoms. The molecule has 5 heteroatoms. The highest BCUT2D eigenvalue weighted by Crippen LogP contribution is 2.16. The molecule has 1 aromatic carbocycles. The van der Waals surface area contributed by atoms with Crippen molar-refractivity contribution in [3.63, 3.8) is 0 Å². The van der Waals surface area contributed by atoms with Crippen LogP contribution in [-0.2, 0) is 9.53 Å². The van der Waals surface area contributed by atoms with E-state index in [2.05, 4.69) is 5.32 Å². The molecule has 0 aliphatic carbocycles. The van der Waals surface area contributed by atoms with Crippen LogP contribution in [0.25, 0.3) is 0 Å². The molecule has 0 unspecified atom stereocenters. The Morgan fingerprint density at radius 1 is 1.25 bits per heavy atom. The lowest BCUT2D eigenvalue weighted by Gasteiger charge is -2.09. The van der Waals surface area contributed by atoms with Crippen molar-refractivity contribution in [2.75, 3.05) is 11.9 Å². The van der Waals surface area contributed by atoms with Crippen LogP contribution in [-0.4, -0.2) is 18.5 Å². The minimum Gasteiger partial charge on any atom is -0.457 e. The first-order chi connectivity index (χ1) is 9.56. The van der Waals surface area contributed by atoms with Crippen molar-refractivity contribution < 1.29 is 18.7 Å². The molecule has 0 aliphatic rings. The Balaban J connectivity index is 1.90. The fourth-order valence-electron chi connectivity index (χ4n) is 1.65. The van der Waals surface area contributed by atoms with Crippen LogP contribution in [0.2, 0.25) is 0 Å². The number of amides is 1. The minimum absolute atomic E-state index is 0.0736. The molecule has 1 aromatic heterocycles. The Labute approximate surface area is 116 Å². The number of hydrogen-bond acceptors (Lipinski definition) is 4. The molecule has 0 saturated carbocycles. The van der Waals surface area contributed by atoms with E-state index >= 15 is 0 Å². The number of hydrogen-bond donors (Lipinski definition) is 1. The highest BCUT2D eigenvalue weighted by Gasteiger charge is 2.13. The van der Waals surface area contributed by atoms with E-state index in [0.717, 1.165) is 11.1 Å². The molecule has 0 bridgehead atoms. The van der Waals surface area contributed by atoms with Gasteiger partial charge >= 0.3 is 5.97 Å². The summed E-state index contributed by atoms with van der Waals surface area (Å²) < 4.78 is 9.72. The first-order valence-corrected chi connectivity index (χ1v) is 6.14. The SMILES string of the molecule is Cc1ccc(C)c(NC(=O)COC(=O)c2ccco2)c1. The predicted octanol–water partition coefficient (Wildman–Crippen LogP) is 2.69. The molecule has 0 saturated heterocycles. The molecule has 5 nitrogen and oxygen atoms in total. The normalized spacial score (nSPS) is 10.1. The van der Waals surface area contributed by atoms with Crippen LogP contribution >= 0.6 is 0 Å². The maximum atomic E-state index is 11.7. The number of esters is 1. The molecular weight excluding hydrogens is 258 g/mol. The zero-order valence-electron chi connectivity index (χ0n) is 11.3. The first-order valence-electron chi connectivity index (χ1n) is 6.14. The topological polar surface area (TPSA) is 68.5 Å². The van der Waals surface area contributed by atoms with Crippen LogP contribution in [0.3, 0.4) is 0 Å².